The molecule has 0 heterocycles. The van der Waals surface area contributed by atoms with Crippen molar-refractivity contribution in [1.82, 2.24) is 10.9 Å². The van der Waals surface area contributed by atoms with Gasteiger partial charge in [0, 0.05) is 0 Å². The molecule has 1 atom stereocenters. The molecular weight excluding hydrogens is 358 g/mol. The van der Waals surface area contributed by atoms with E-state index in [1.54, 1.807) is 7.11 Å². The lowest BCUT2D eigenvalue weighted by Crippen LogP contribution is -2.45. The first-order chi connectivity index (χ1) is 12.9. The summed E-state index contributed by atoms with van der Waals surface area (Å²) in [6.07, 6.45) is 1.03. The van der Waals surface area contributed by atoms with Crippen molar-refractivity contribution in [1.29, 1.82) is 0 Å². The zero-order valence-electron chi connectivity index (χ0n) is 16.2. The van der Waals surface area contributed by atoms with Crippen LogP contribution in [0.4, 0.5) is 5.69 Å². The maximum atomic E-state index is 12.4. The quantitative estimate of drug-likeness (QED) is 0.518. The van der Waals surface area contributed by atoms with Gasteiger partial charge in [-0.1, -0.05) is 50.2 Å². The topological polar surface area (TPSA) is 62.4 Å². The molecule has 3 N–H and O–H groups in total. The van der Waals surface area contributed by atoms with E-state index in [0.717, 1.165) is 17.7 Å². The fourth-order valence-electron chi connectivity index (χ4n) is 2.69. The van der Waals surface area contributed by atoms with Crippen molar-refractivity contribution >= 4 is 28.9 Å². The fraction of sp³-hybridized carbons (Fsp3) is 0.333. The Morgan fingerprint density at radius 1 is 1.04 bits per heavy atom. The van der Waals surface area contributed by atoms with Crippen LogP contribution < -0.4 is 20.9 Å². The number of hydrazine groups is 1. The molecule has 6 heteroatoms. The first kappa shape index (κ1) is 20.7. The van der Waals surface area contributed by atoms with Crippen LogP contribution in [-0.2, 0) is 11.2 Å². The third-order valence-corrected chi connectivity index (χ3v) is 4.38. The molecule has 1 amide bonds. The maximum absolute atomic E-state index is 12.4. The summed E-state index contributed by atoms with van der Waals surface area (Å²) in [6.45, 7) is 6.25. The lowest BCUT2D eigenvalue weighted by atomic mass is 9.96. The summed E-state index contributed by atoms with van der Waals surface area (Å²) in [4.78, 5) is 12.4. The van der Waals surface area contributed by atoms with E-state index in [1.807, 2.05) is 43.3 Å². The minimum absolute atomic E-state index is 0.157. The number of carbonyl (C=O) groups is 1. The van der Waals surface area contributed by atoms with E-state index in [0.29, 0.717) is 11.7 Å². The Morgan fingerprint density at radius 2 is 1.70 bits per heavy atom. The Bertz CT molecular complexity index is 775. The number of carbonyl (C=O) groups excluding carboxylic acids is 1. The van der Waals surface area contributed by atoms with E-state index >= 15 is 0 Å². The maximum Gasteiger partial charge on any atom is 0.245 e. The van der Waals surface area contributed by atoms with Crippen molar-refractivity contribution in [2.75, 3.05) is 12.4 Å². The normalized spacial score (nSPS) is 11.6. The summed E-state index contributed by atoms with van der Waals surface area (Å²) in [7, 11) is 1.59. The number of methoxy groups -OCH3 is 1. The molecular formula is C21H27N3O2S. The van der Waals surface area contributed by atoms with Gasteiger partial charge in [-0.2, -0.15) is 0 Å². The van der Waals surface area contributed by atoms with Crippen LogP contribution in [-0.4, -0.2) is 18.1 Å². The van der Waals surface area contributed by atoms with Crippen LogP contribution in [0, 0.1) is 5.92 Å². The number of amides is 1. The highest BCUT2D eigenvalue weighted by Crippen LogP contribution is 2.22. The minimum Gasteiger partial charge on any atom is -0.495 e. The summed E-state index contributed by atoms with van der Waals surface area (Å²) in [5.41, 5.74) is 8.35. The third-order valence-electron chi connectivity index (χ3n) is 4.17. The van der Waals surface area contributed by atoms with E-state index in [4.69, 9.17) is 17.0 Å². The fourth-order valence-corrected chi connectivity index (χ4v) is 2.85. The molecule has 0 saturated carbocycles. The molecule has 2 aromatic rings. The predicted molar refractivity (Wildman–Crippen MR) is 114 cm³/mol. The molecule has 0 aliphatic carbocycles. The second-order valence-corrected chi connectivity index (χ2v) is 7.24. The van der Waals surface area contributed by atoms with Crippen LogP contribution in [0.1, 0.15) is 37.8 Å². The molecule has 0 radical (unpaired) electrons. The number of ether oxygens (including phenoxy) is 1. The van der Waals surface area contributed by atoms with E-state index in [9.17, 15) is 4.79 Å². The Morgan fingerprint density at radius 3 is 2.33 bits per heavy atom. The largest absolute Gasteiger partial charge is 0.495 e. The van der Waals surface area contributed by atoms with Gasteiger partial charge in [0.2, 0.25) is 5.91 Å². The third kappa shape index (κ3) is 6.25. The van der Waals surface area contributed by atoms with E-state index < -0.39 is 0 Å². The molecule has 1 unspecified atom stereocenters. The van der Waals surface area contributed by atoms with Gasteiger partial charge < -0.3 is 10.1 Å². The lowest BCUT2D eigenvalue weighted by Gasteiger charge is -2.16. The van der Waals surface area contributed by atoms with Gasteiger partial charge in [-0.3, -0.25) is 15.6 Å². The van der Waals surface area contributed by atoms with Crippen molar-refractivity contribution in [2.45, 2.75) is 33.1 Å². The number of nitrogens with one attached hydrogen (secondary N) is 3. The highest BCUT2D eigenvalue weighted by atomic mass is 32.1. The molecule has 0 aliphatic rings. The van der Waals surface area contributed by atoms with Gasteiger partial charge >= 0.3 is 0 Å². The van der Waals surface area contributed by atoms with Crippen LogP contribution in [0.15, 0.2) is 48.5 Å². The van der Waals surface area contributed by atoms with Gasteiger partial charge in [-0.05, 0) is 54.7 Å². The highest BCUT2D eigenvalue weighted by Gasteiger charge is 2.15. The van der Waals surface area contributed by atoms with Gasteiger partial charge in [0.05, 0.1) is 18.7 Å². The second kappa shape index (κ2) is 9.92. The molecule has 0 saturated heterocycles. The van der Waals surface area contributed by atoms with Gasteiger partial charge in [0.1, 0.15) is 5.75 Å². The number of benzene rings is 2. The standard InChI is InChI=1S/C21H27N3O2S/c1-14(2)13-16-9-11-17(12-10-16)15(3)20(25)23-24-21(27)22-18-7-5-6-8-19(18)26-4/h5-12,14-15H,13H2,1-4H3,(H,23,25)(H2,22,24,27). The SMILES string of the molecule is COc1ccccc1NC(=S)NNC(=O)C(C)c1ccc(CC(C)C)cc1. The van der Waals surface area contributed by atoms with Crippen LogP contribution >= 0.6 is 12.2 Å². The minimum atomic E-state index is -0.292. The molecule has 27 heavy (non-hydrogen) atoms. The number of rotatable bonds is 6. The molecule has 0 spiro atoms. The summed E-state index contributed by atoms with van der Waals surface area (Å²) >= 11 is 5.23. The first-order valence-corrected chi connectivity index (χ1v) is 9.40. The lowest BCUT2D eigenvalue weighted by molar-refractivity contribution is -0.122. The number of para-hydroxylation sites is 2. The molecule has 0 fully saturated rings. The second-order valence-electron chi connectivity index (χ2n) is 6.83. The summed E-state index contributed by atoms with van der Waals surface area (Å²) < 4.78 is 5.26. The highest BCUT2D eigenvalue weighted by molar-refractivity contribution is 7.80. The number of hydrogen-bond donors (Lipinski definition) is 3. The molecule has 2 rings (SSSR count). The zero-order valence-corrected chi connectivity index (χ0v) is 17.0. The van der Waals surface area contributed by atoms with Crippen LogP contribution in [0.2, 0.25) is 0 Å². The van der Waals surface area contributed by atoms with Crippen molar-refractivity contribution in [3.63, 3.8) is 0 Å². The van der Waals surface area contributed by atoms with Crippen molar-refractivity contribution in [3.8, 4) is 5.75 Å². The van der Waals surface area contributed by atoms with Gasteiger partial charge in [0.25, 0.3) is 0 Å². The summed E-state index contributed by atoms with van der Waals surface area (Å²) in [5, 5.41) is 3.29. The first-order valence-electron chi connectivity index (χ1n) is 8.99. The average Bonchev–Trinajstić information content (AvgIpc) is 2.66. The van der Waals surface area contributed by atoms with Crippen LogP contribution in [0.25, 0.3) is 0 Å². The van der Waals surface area contributed by atoms with Gasteiger partial charge in [-0.15, -0.1) is 0 Å². The average molecular weight is 386 g/mol. The zero-order chi connectivity index (χ0) is 19.8. The van der Waals surface area contributed by atoms with Crippen molar-refractivity contribution < 1.29 is 9.53 Å². The molecule has 0 aromatic heterocycles. The van der Waals surface area contributed by atoms with Crippen molar-refractivity contribution in [2.24, 2.45) is 5.92 Å². The molecule has 0 bridgehead atoms. The van der Waals surface area contributed by atoms with Crippen LogP contribution in [0.3, 0.4) is 0 Å². The number of hydrogen-bond acceptors (Lipinski definition) is 3. The molecule has 5 nitrogen and oxygen atoms in total. The van der Waals surface area contributed by atoms with E-state index in [1.165, 1.54) is 5.56 Å². The molecule has 144 valence electrons. The molecule has 2 aromatic carbocycles. The molecule has 0 aliphatic heterocycles. The Labute approximate surface area is 166 Å². The Balaban J connectivity index is 1.88. The summed E-state index contributed by atoms with van der Waals surface area (Å²) in [5.74, 6) is 0.829. The van der Waals surface area contributed by atoms with Crippen LogP contribution in [0.5, 0.6) is 5.75 Å². The monoisotopic (exact) mass is 385 g/mol. The Kier molecular flexibility index (Phi) is 7.61. The van der Waals surface area contributed by atoms with Gasteiger partial charge in [0.15, 0.2) is 5.11 Å². The smallest absolute Gasteiger partial charge is 0.245 e. The number of thiocarbonyl (C=S) groups is 1. The predicted octanol–water partition coefficient (Wildman–Crippen LogP) is 4.02. The summed E-state index contributed by atoms with van der Waals surface area (Å²) in [6, 6.07) is 15.6. The van der Waals surface area contributed by atoms with E-state index in [2.05, 4.69) is 42.1 Å². The van der Waals surface area contributed by atoms with Gasteiger partial charge in [-0.25, -0.2) is 0 Å². The van der Waals surface area contributed by atoms with Crippen molar-refractivity contribution in [3.05, 3.63) is 59.7 Å². The van der Waals surface area contributed by atoms with E-state index in [-0.39, 0.29) is 16.9 Å². The Hall–Kier alpha value is -2.60. The number of anilines is 1.